The van der Waals surface area contributed by atoms with Crippen molar-refractivity contribution in [1.82, 2.24) is 19.9 Å². The quantitative estimate of drug-likeness (QED) is 0.251. The van der Waals surface area contributed by atoms with Gasteiger partial charge in [-0.25, -0.2) is 9.97 Å². The van der Waals surface area contributed by atoms with E-state index in [4.69, 9.17) is 8.83 Å². The van der Waals surface area contributed by atoms with Gasteiger partial charge in [0.15, 0.2) is 0 Å². The zero-order valence-electron chi connectivity index (χ0n) is 19.0. The van der Waals surface area contributed by atoms with Crippen LogP contribution in [0.1, 0.15) is 0 Å². The Bertz CT molecular complexity index is 1650. The molecule has 3 aromatic carbocycles. The van der Waals surface area contributed by atoms with Crippen molar-refractivity contribution in [2.24, 2.45) is 0 Å². The molecule has 170 valence electrons. The van der Waals surface area contributed by atoms with Gasteiger partial charge in [0.25, 0.3) is 0 Å². The fourth-order valence-corrected chi connectivity index (χ4v) is 4.86. The highest BCUT2D eigenvalue weighted by atomic mass is 16.3. The Balaban J connectivity index is 1.54. The first-order valence-electron chi connectivity index (χ1n) is 11.5. The summed E-state index contributed by atoms with van der Waals surface area (Å²) in [5.41, 5.74) is 5.77. The molecule has 7 rings (SSSR count). The molecular weight excluding hydrogens is 448 g/mol. The van der Waals surface area contributed by atoms with Gasteiger partial charge >= 0.3 is 0 Å². The van der Waals surface area contributed by atoms with Gasteiger partial charge < -0.3 is 8.83 Å². The maximum Gasteiger partial charge on any atom is 0.245 e. The summed E-state index contributed by atoms with van der Waals surface area (Å²) in [5.74, 6) is 0.996. The molecule has 0 amide bonds. The average molecular weight is 467 g/mol. The molecule has 0 fully saturated rings. The SMILES string of the molecule is c1ccc2c(-c3ccnc(-c4ncco4)c3)c3ccccc3c(-c3ccnc(-c4ncco4)c3)c2c1. The summed E-state index contributed by atoms with van der Waals surface area (Å²) in [6.07, 6.45) is 9.99. The fraction of sp³-hybridized carbons (Fsp3) is 0. The topological polar surface area (TPSA) is 77.8 Å². The maximum atomic E-state index is 5.51. The molecule has 6 nitrogen and oxygen atoms in total. The van der Waals surface area contributed by atoms with Crippen LogP contribution in [-0.4, -0.2) is 19.9 Å². The summed E-state index contributed by atoms with van der Waals surface area (Å²) in [7, 11) is 0. The van der Waals surface area contributed by atoms with E-state index in [0.717, 1.165) is 43.8 Å². The number of fused-ring (bicyclic) bond motifs is 2. The maximum absolute atomic E-state index is 5.51. The Labute approximate surface area is 205 Å². The van der Waals surface area contributed by atoms with Crippen LogP contribution in [-0.2, 0) is 0 Å². The third kappa shape index (κ3) is 3.27. The number of hydrogen-bond donors (Lipinski definition) is 0. The molecule has 0 radical (unpaired) electrons. The number of pyridine rings is 2. The van der Waals surface area contributed by atoms with Crippen LogP contribution in [0.5, 0.6) is 0 Å². The van der Waals surface area contributed by atoms with Crippen molar-refractivity contribution in [2.75, 3.05) is 0 Å². The van der Waals surface area contributed by atoms with Gasteiger partial charge in [-0.2, -0.15) is 0 Å². The van der Waals surface area contributed by atoms with Crippen LogP contribution in [0.25, 0.3) is 67.0 Å². The highest BCUT2D eigenvalue weighted by Crippen LogP contribution is 2.44. The highest BCUT2D eigenvalue weighted by molar-refractivity contribution is 6.21. The molecule has 0 unspecified atom stereocenters. The third-order valence-electron chi connectivity index (χ3n) is 6.33. The molecule has 4 heterocycles. The molecular formula is C30H18N4O2. The van der Waals surface area contributed by atoms with Crippen LogP contribution in [0.15, 0.2) is 119 Å². The Morgan fingerprint density at radius 1 is 0.444 bits per heavy atom. The van der Waals surface area contributed by atoms with Crippen LogP contribution in [0.4, 0.5) is 0 Å². The molecule has 6 heteroatoms. The summed E-state index contributed by atoms with van der Waals surface area (Å²) in [5, 5.41) is 4.57. The Hall–Kier alpha value is -5.10. The van der Waals surface area contributed by atoms with E-state index in [1.165, 1.54) is 0 Å². The largest absolute Gasteiger partial charge is 0.443 e. The first-order chi connectivity index (χ1) is 17.9. The van der Waals surface area contributed by atoms with Crippen molar-refractivity contribution in [1.29, 1.82) is 0 Å². The van der Waals surface area contributed by atoms with E-state index in [9.17, 15) is 0 Å². The number of nitrogens with zero attached hydrogens (tertiary/aromatic N) is 4. The summed E-state index contributed by atoms with van der Waals surface area (Å²) in [6.45, 7) is 0. The molecule has 0 bridgehead atoms. The second kappa shape index (κ2) is 8.29. The second-order valence-electron chi connectivity index (χ2n) is 8.38. The van der Waals surface area contributed by atoms with Crippen molar-refractivity contribution in [3.63, 3.8) is 0 Å². The van der Waals surface area contributed by atoms with Gasteiger partial charge in [0.2, 0.25) is 11.8 Å². The molecule has 4 aromatic heterocycles. The van der Waals surface area contributed by atoms with E-state index in [1.54, 1.807) is 37.3 Å². The lowest BCUT2D eigenvalue weighted by atomic mass is 9.86. The van der Waals surface area contributed by atoms with Crippen LogP contribution in [0.3, 0.4) is 0 Å². The monoisotopic (exact) mass is 466 g/mol. The van der Waals surface area contributed by atoms with E-state index in [2.05, 4.69) is 68.5 Å². The van der Waals surface area contributed by atoms with Gasteiger partial charge in [0.05, 0.1) is 12.4 Å². The minimum absolute atomic E-state index is 0.498. The normalized spacial score (nSPS) is 11.3. The van der Waals surface area contributed by atoms with Crippen molar-refractivity contribution < 1.29 is 8.83 Å². The van der Waals surface area contributed by atoms with E-state index in [0.29, 0.717) is 23.2 Å². The standard InChI is InChI=1S/C30H18N4O2/c1-2-6-22-21(5-1)27(19-9-11-31-25(17-19)29-33-13-15-35-29)23-7-3-4-8-24(23)28(22)20-10-12-32-26(18-20)30-34-14-16-36-30/h1-18H. The van der Waals surface area contributed by atoms with Crippen molar-refractivity contribution in [3.8, 4) is 45.4 Å². The van der Waals surface area contributed by atoms with Gasteiger partial charge in [-0.15, -0.1) is 0 Å². The Morgan fingerprint density at radius 2 is 0.861 bits per heavy atom. The smallest absolute Gasteiger partial charge is 0.245 e. The molecule has 0 N–H and O–H groups in total. The molecule has 36 heavy (non-hydrogen) atoms. The predicted octanol–water partition coefficient (Wildman–Crippen LogP) is 7.43. The van der Waals surface area contributed by atoms with Crippen LogP contribution in [0.2, 0.25) is 0 Å². The van der Waals surface area contributed by atoms with Gasteiger partial charge in [-0.1, -0.05) is 48.5 Å². The zero-order chi connectivity index (χ0) is 23.9. The van der Waals surface area contributed by atoms with Crippen molar-refractivity contribution in [3.05, 3.63) is 110 Å². The zero-order valence-corrected chi connectivity index (χ0v) is 19.0. The lowest BCUT2D eigenvalue weighted by molar-refractivity contribution is 0.572. The summed E-state index contributed by atoms with van der Waals surface area (Å²) >= 11 is 0. The number of oxazole rings is 2. The van der Waals surface area contributed by atoms with Gasteiger partial charge in [0.1, 0.15) is 23.9 Å². The summed E-state index contributed by atoms with van der Waals surface area (Å²) < 4.78 is 11.0. The first-order valence-corrected chi connectivity index (χ1v) is 11.5. The second-order valence-corrected chi connectivity index (χ2v) is 8.38. The van der Waals surface area contributed by atoms with Crippen LogP contribution in [0, 0.1) is 0 Å². The fourth-order valence-electron chi connectivity index (χ4n) is 4.86. The average Bonchev–Trinajstić information content (AvgIpc) is 3.67. The predicted molar refractivity (Wildman–Crippen MR) is 139 cm³/mol. The molecule has 0 atom stereocenters. The van der Waals surface area contributed by atoms with E-state index in [-0.39, 0.29) is 0 Å². The van der Waals surface area contributed by atoms with E-state index < -0.39 is 0 Å². The number of rotatable bonds is 4. The van der Waals surface area contributed by atoms with E-state index >= 15 is 0 Å². The minimum atomic E-state index is 0.498. The van der Waals surface area contributed by atoms with Crippen molar-refractivity contribution in [2.45, 2.75) is 0 Å². The lowest BCUT2D eigenvalue weighted by Crippen LogP contribution is -1.93. The minimum Gasteiger partial charge on any atom is -0.443 e. The molecule has 0 spiro atoms. The summed E-state index contributed by atoms with van der Waals surface area (Å²) in [6, 6.07) is 25.1. The molecule has 0 aliphatic heterocycles. The van der Waals surface area contributed by atoms with Gasteiger partial charge in [-0.05, 0) is 68.1 Å². The Kier molecular flexibility index (Phi) is 4.67. The van der Waals surface area contributed by atoms with Gasteiger partial charge in [-0.3, -0.25) is 9.97 Å². The molecule has 7 aromatic rings. The first kappa shape index (κ1) is 20.3. The van der Waals surface area contributed by atoms with Crippen molar-refractivity contribution >= 4 is 21.5 Å². The lowest BCUT2D eigenvalue weighted by Gasteiger charge is -2.18. The summed E-state index contributed by atoms with van der Waals surface area (Å²) in [4.78, 5) is 17.5. The number of benzene rings is 3. The van der Waals surface area contributed by atoms with E-state index in [1.807, 2.05) is 24.3 Å². The molecule has 0 aliphatic carbocycles. The number of hydrogen-bond acceptors (Lipinski definition) is 6. The van der Waals surface area contributed by atoms with Crippen LogP contribution < -0.4 is 0 Å². The van der Waals surface area contributed by atoms with Crippen LogP contribution >= 0.6 is 0 Å². The van der Waals surface area contributed by atoms with Gasteiger partial charge in [0, 0.05) is 12.4 Å². The molecule has 0 aliphatic rings. The molecule has 0 saturated carbocycles. The highest BCUT2D eigenvalue weighted by Gasteiger charge is 2.18. The molecule has 0 saturated heterocycles. The number of aromatic nitrogens is 4. The Morgan fingerprint density at radius 3 is 1.22 bits per heavy atom. The third-order valence-corrected chi connectivity index (χ3v) is 6.33.